The molecule has 84 valence electrons. The van der Waals surface area contributed by atoms with E-state index in [1.54, 1.807) is 0 Å². The van der Waals surface area contributed by atoms with Gasteiger partial charge in [-0.1, -0.05) is 13.8 Å². The van der Waals surface area contributed by atoms with Gasteiger partial charge < -0.3 is 10.1 Å². The Kier molecular flexibility index (Phi) is 7.48. The van der Waals surface area contributed by atoms with Gasteiger partial charge in [0.25, 0.3) is 0 Å². The van der Waals surface area contributed by atoms with Crippen LogP contribution in [0.2, 0.25) is 0 Å². The van der Waals surface area contributed by atoms with Gasteiger partial charge in [-0.15, -0.1) is 0 Å². The molecule has 0 aliphatic heterocycles. The predicted octanol–water partition coefficient (Wildman–Crippen LogP) is 1.96. The summed E-state index contributed by atoms with van der Waals surface area (Å²) in [5, 5.41) is 3.23. The molecule has 0 amide bonds. The number of ether oxygens (including phenoxy) is 1. The summed E-state index contributed by atoms with van der Waals surface area (Å²) in [7, 11) is 3.44. The zero-order valence-electron chi connectivity index (χ0n) is 9.80. The van der Waals surface area contributed by atoms with E-state index < -0.39 is 0 Å². The van der Waals surface area contributed by atoms with Crippen LogP contribution in [0.1, 0.15) is 39.5 Å². The van der Waals surface area contributed by atoms with Crippen molar-refractivity contribution < 1.29 is 9.53 Å². The lowest BCUT2D eigenvalue weighted by Crippen LogP contribution is -2.32. The van der Waals surface area contributed by atoms with E-state index in [0.29, 0.717) is 6.04 Å². The van der Waals surface area contributed by atoms with E-state index in [2.05, 4.69) is 5.32 Å². The summed E-state index contributed by atoms with van der Waals surface area (Å²) >= 11 is 0. The molecular formula is C11H23NO2. The van der Waals surface area contributed by atoms with Gasteiger partial charge in [0, 0.05) is 6.04 Å². The number of carbonyl (C=O) groups is 1. The van der Waals surface area contributed by atoms with Crippen LogP contribution >= 0.6 is 0 Å². The number of hydrogen-bond donors (Lipinski definition) is 1. The molecule has 0 bridgehead atoms. The molecule has 1 rings (SSSR count). The molecule has 1 aliphatic rings. The van der Waals surface area contributed by atoms with E-state index in [1.165, 1.54) is 7.11 Å². The normalized spacial score (nSPS) is 26.0. The maximum absolute atomic E-state index is 11.1. The smallest absolute Gasteiger partial charge is 0.308 e. The first-order chi connectivity index (χ1) is 6.77. The lowest BCUT2D eigenvalue weighted by Gasteiger charge is -2.26. The van der Waals surface area contributed by atoms with Crippen molar-refractivity contribution in [3.05, 3.63) is 0 Å². The molecule has 1 saturated carbocycles. The largest absolute Gasteiger partial charge is 0.469 e. The summed E-state index contributed by atoms with van der Waals surface area (Å²) < 4.78 is 4.70. The van der Waals surface area contributed by atoms with Gasteiger partial charge in [0.1, 0.15) is 0 Å². The molecule has 0 aromatic rings. The quantitative estimate of drug-likeness (QED) is 0.694. The number of esters is 1. The summed E-state index contributed by atoms with van der Waals surface area (Å²) in [6, 6.07) is 0.603. The number of rotatable bonds is 2. The molecule has 0 radical (unpaired) electrons. The average molecular weight is 201 g/mol. The van der Waals surface area contributed by atoms with Crippen molar-refractivity contribution in [3.63, 3.8) is 0 Å². The van der Waals surface area contributed by atoms with Gasteiger partial charge in [-0.3, -0.25) is 4.79 Å². The highest BCUT2D eigenvalue weighted by Crippen LogP contribution is 2.24. The van der Waals surface area contributed by atoms with Crippen molar-refractivity contribution in [2.75, 3.05) is 14.2 Å². The average Bonchev–Trinajstić information content (AvgIpc) is 2.31. The van der Waals surface area contributed by atoms with Crippen LogP contribution in [-0.2, 0) is 9.53 Å². The number of hydrogen-bond acceptors (Lipinski definition) is 3. The predicted molar refractivity (Wildman–Crippen MR) is 58.2 cm³/mol. The highest BCUT2D eigenvalue weighted by Gasteiger charge is 2.25. The van der Waals surface area contributed by atoms with Crippen LogP contribution in [-0.4, -0.2) is 26.2 Å². The van der Waals surface area contributed by atoms with E-state index in [9.17, 15) is 4.79 Å². The summed E-state index contributed by atoms with van der Waals surface area (Å²) in [5.74, 6) is 0.115. The maximum Gasteiger partial charge on any atom is 0.308 e. The Morgan fingerprint density at radius 1 is 1.21 bits per heavy atom. The topological polar surface area (TPSA) is 38.3 Å². The van der Waals surface area contributed by atoms with Gasteiger partial charge in [-0.2, -0.15) is 0 Å². The van der Waals surface area contributed by atoms with Crippen LogP contribution in [0.4, 0.5) is 0 Å². The Balaban J connectivity index is 0.000000791. The molecule has 1 fully saturated rings. The molecule has 0 aromatic carbocycles. The second kappa shape index (κ2) is 7.80. The summed E-state index contributed by atoms with van der Waals surface area (Å²) in [6.07, 6.45) is 4.13. The fourth-order valence-corrected chi connectivity index (χ4v) is 1.78. The summed E-state index contributed by atoms with van der Waals surface area (Å²) in [4.78, 5) is 11.1. The molecular weight excluding hydrogens is 178 g/mol. The highest BCUT2D eigenvalue weighted by atomic mass is 16.5. The van der Waals surface area contributed by atoms with Crippen molar-refractivity contribution in [2.45, 2.75) is 45.6 Å². The van der Waals surface area contributed by atoms with Crippen molar-refractivity contribution in [3.8, 4) is 0 Å². The third-order valence-electron chi connectivity index (χ3n) is 2.67. The monoisotopic (exact) mass is 201 g/mol. The molecule has 1 aliphatic carbocycles. The standard InChI is InChI=1S/C9H17NO2.C2H6/c1-10-8-5-3-7(4-6-8)9(11)12-2;1-2/h7-8,10H,3-6H2,1-2H3;1-2H3. The summed E-state index contributed by atoms with van der Waals surface area (Å²) in [6.45, 7) is 4.00. The molecule has 3 heteroatoms. The van der Waals surface area contributed by atoms with Gasteiger partial charge in [0.2, 0.25) is 0 Å². The van der Waals surface area contributed by atoms with Crippen molar-refractivity contribution >= 4 is 5.97 Å². The van der Waals surface area contributed by atoms with E-state index in [0.717, 1.165) is 25.7 Å². The fraction of sp³-hybridized carbons (Fsp3) is 0.909. The van der Waals surface area contributed by atoms with E-state index >= 15 is 0 Å². The summed E-state index contributed by atoms with van der Waals surface area (Å²) in [5.41, 5.74) is 0. The first kappa shape index (κ1) is 13.4. The van der Waals surface area contributed by atoms with E-state index in [-0.39, 0.29) is 11.9 Å². The molecule has 0 atom stereocenters. The van der Waals surface area contributed by atoms with Crippen LogP contribution in [0.15, 0.2) is 0 Å². The van der Waals surface area contributed by atoms with Crippen molar-refractivity contribution in [1.29, 1.82) is 0 Å². The molecule has 0 aromatic heterocycles. The van der Waals surface area contributed by atoms with Crippen molar-refractivity contribution in [1.82, 2.24) is 5.32 Å². The van der Waals surface area contributed by atoms with Crippen molar-refractivity contribution in [2.24, 2.45) is 5.92 Å². The number of carbonyl (C=O) groups excluding carboxylic acids is 1. The minimum absolute atomic E-state index is 0.0375. The molecule has 0 unspecified atom stereocenters. The minimum atomic E-state index is -0.0375. The van der Waals surface area contributed by atoms with Gasteiger partial charge in [0.15, 0.2) is 0 Å². The van der Waals surface area contributed by atoms with E-state index in [4.69, 9.17) is 4.74 Å². The van der Waals surface area contributed by atoms with Crippen LogP contribution in [0.3, 0.4) is 0 Å². The Bertz CT molecular complexity index is 151. The first-order valence-corrected chi connectivity index (χ1v) is 5.53. The SMILES string of the molecule is CC.CNC1CCC(C(=O)OC)CC1. The second-order valence-electron chi connectivity index (χ2n) is 3.36. The van der Waals surface area contributed by atoms with Gasteiger partial charge in [-0.25, -0.2) is 0 Å². The Morgan fingerprint density at radius 2 is 1.71 bits per heavy atom. The molecule has 1 N–H and O–H groups in total. The molecule has 0 saturated heterocycles. The van der Waals surface area contributed by atoms with Crippen LogP contribution in [0.25, 0.3) is 0 Å². The lowest BCUT2D eigenvalue weighted by molar-refractivity contribution is -0.146. The minimum Gasteiger partial charge on any atom is -0.469 e. The van der Waals surface area contributed by atoms with Crippen LogP contribution in [0, 0.1) is 5.92 Å². The molecule has 0 spiro atoms. The Morgan fingerprint density at radius 3 is 2.07 bits per heavy atom. The lowest BCUT2D eigenvalue weighted by atomic mass is 9.86. The van der Waals surface area contributed by atoms with Crippen LogP contribution in [0.5, 0.6) is 0 Å². The third-order valence-corrected chi connectivity index (χ3v) is 2.67. The Hall–Kier alpha value is -0.570. The molecule has 14 heavy (non-hydrogen) atoms. The number of methoxy groups -OCH3 is 1. The zero-order valence-corrected chi connectivity index (χ0v) is 9.80. The first-order valence-electron chi connectivity index (χ1n) is 5.53. The van der Waals surface area contributed by atoms with E-state index in [1.807, 2.05) is 20.9 Å². The van der Waals surface area contributed by atoms with Gasteiger partial charge >= 0.3 is 5.97 Å². The second-order valence-corrected chi connectivity index (χ2v) is 3.36. The fourth-order valence-electron chi connectivity index (χ4n) is 1.78. The zero-order chi connectivity index (χ0) is 11.0. The molecule has 3 nitrogen and oxygen atoms in total. The number of nitrogens with one attached hydrogen (secondary N) is 1. The van der Waals surface area contributed by atoms with Crippen LogP contribution < -0.4 is 5.32 Å². The Labute approximate surface area is 87.2 Å². The van der Waals surface area contributed by atoms with Gasteiger partial charge in [0.05, 0.1) is 13.0 Å². The third kappa shape index (κ3) is 4.09. The van der Waals surface area contributed by atoms with Gasteiger partial charge in [-0.05, 0) is 32.7 Å². The molecule has 0 heterocycles. The highest BCUT2D eigenvalue weighted by molar-refractivity contribution is 5.72. The maximum atomic E-state index is 11.1.